The molecule has 5 nitrogen and oxygen atoms in total. The molecule has 0 bridgehead atoms. The van der Waals surface area contributed by atoms with Gasteiger partial charge in [0.25, 0.3) is 10.0 Å². The van der Waals surface area contributed by atoms with Crippen molar-refractivity contribution in [3.63, 3.8) is 0 Å². The molecule has 2 aromatic carbocycles. The zero-order valence-electron chi connectivity index (χ0n) is 13.6. The highest BCUT2D eigenvalue weighted by Crippen LogP contribution is 2.25. The molecule has 0 N–H and O–H groups in total. The van der Waals surface area contributed by atoms with Crippen LogP contribution in [0.3, 0.4) is 0 Å². The van der Waals surface area contributed by atoms with Crippen molar-refractivity contribution in [3.05, 3.63) is 72.4 Å². The maximum Gasteiger partial charge on any atom is 0.330 e. The van der Waals surface area contributed by atoms with Gasteiger partial charge in [-0.15, -0.1) is 0 Å². The van der Waals surface area contributed by atoms with Crippen LogP contribution in [0.25, 0.3) is 17.0 Å². The molecule has 6 heteroatoms. The lowest BCUT2D eigenvalue weighted by Crippen LogP contribution is -2.11. The van der Waals surface area contributed by atoms with Crippen molar-refractivity contribution in [2.24, 2.45) is 0 Å². The van der Waals surface area contributed by atoms with E-state index in [-0.39, 0.29) is 4.90 Å². The van der Waals surface area contributed by atoms with E-state index < -0.39 is 16.0 Å². The van der Waals surface area contributed by atoms with Gasteiger partial charge in [-0.2, -0.15) is 0 Å². The van der Waals surface area contributed by atoms with Crippen molar-refractivity contribution in [3.8, 4) is 0 Å². The van der Waals surface area contributed by atoms with Crippen LogP contribution in [-0.4, -0.2) is 25.0 Å². The van der Waals surface area contributed by atoms with Gasteiger partial charge in [-0.05, 0) is 42.8 Å². The van der Waals surface area contributed by atoms with Gasteiger partial charge in [0, 0.05) is 17.7 Å². The van der Waals surface area contributed by atoms with Gasteiger partial charge in [-0.25, -0.2) is 17.2 Å². The molecule has 0 radical (unpaired) electrons. The second kappa shape index (κ2) is 6.94. The summed E-state index contributed by atoms with van der Waals surface area (Å²) in [6.07, 6.45) is 4.48. The molecule has 0 aliphatic heterocycles. The van der Waals surface area contributed by atoms with Crippen molar-refractivity contribution in [2.45, 2.75) is 11.8 Å². The number of fused-ring (bicyclic) bond motifs is 1. The fourth-order valence-corrected chi connectivity index (χ4v) is 3.94. The Labute approximate surface area is 146 Å². The molecular weight excluding hydrogens is 338 g/mol. The Kier molecular flexibility index (Phi) is 4.72. The number of aromatic nitrogens is 1. The first-order valence-electron chi connectivity index (χ1n) is 7.79. The number of hydrogen-bond donors (Lipinski definition) is 0. The fourth-order valence-electron chi connectivity index (χ4n) is 2.58. The van der Waals surface area contributed by atoms with Gasteiger partial charge in [0.2, 0.25) is 0 Å². The summed E-state index contributed by atoms with van der Waals surface area (Å²) >= 11 is 0. The Bertz CT molecular complexity index is 1030. The maximum atomic E-state index is 12.8. The second-order valence-electron chi connectivity index (χ2n) is 5.30. The molecule has 1 heterocycles. The fraction of sp³-hybridized carbons (Fsp3) is 0.105. The smallest absolute Gasteiger partial charge is 0.330 e. The molecule has 0 saturated carbocycles. The first-order valence-corrected chi connectivity index (χ1v) is 9.23. The highest BCUT2D eigenvalue weighted by molar-refractivity contribution is 7.90. The minimum absolute atomic E-state index is 0.222. The molecule has 0 fully saturated rings. The minimum Gasteiger partial charge on any atom is -0.463 e. The molecule has 0 aliphatic carbocycles. The first kappa shape index (κ1) is 17.0. The average molecular weight is 355 g/mol. The third-order valence-electron chi connectivity index (χ3n) is 3.72. The molecule has 128 valence electrons. The van der Waals surface area contributed by atoms with E-state index in [1.54, 1.807) is 61.5 Å². The van der Waals surface area contributed by atoms with Crippen molar-refractivity contribution in [1.29, 1.82) is 0 Å². The predicted molar refractivity (Wildman–Crippen MR) is 96.6 cm³/mol. The number of carbonyl (C=O) groups is 1. The first-order chi connectivity index (χ1) is 12.0. The van der Waals surface area contributed by atoms with Gasteiger partial charge in [0.15, 0.2) is 0 Å². The van der Waals surface area contributed by atoms with Crippen molar-refractivity contribution >= 4 is 33.0 Å². The van der Waals surface area contributed by atoms with E-state index in [2.05, 4.69) is 0 Å². The molecule has 0 amide bonds. The molecule has 0 atom stereocenters. The molecule has 1 aromatic heterocycles. The molecule has 0 aliphatic rings. The average Bonchev–Trinajstić information content (AvgIpc) is 3.06. The highest BCUT2D eigenvalue weighted by atomic mass is 32.2. The number of nitrogens with zero attached hydrogens (tertiary/aromatic N) is 1. The van der Waals surface area contributed by atoms with Crippen LogP contribution in [0.5, 0.6) is 0 Å². The quantitative estimate of drug-likeness (QED) is 0.519. The van der Waals surface area contributed by atoms with E-state index in [9.17, 15) is 13.2 Å². The Hall–Kier alpha value is -2.86. The number of benzene rings is 2. The molecule has 0 unspecified atom stereocenters. The van der Waals surface area contributed by atoms with E-state index >= 15 is 0 Å². The molecule has 3 rings (SSSR count). The summed E-state index contributed by atoms with van der Waals surface area (Å²) in [6.45, 7) is 2.04. The SMILES string of the molecule is CCOC(=O)C=Cc1cccc2c1ccn2S(=O)(=O)c1ccccc1. The summed E-state index contributed by atoms with van der Waals surface area (Å²) in [5.41, 5.74) is 1.29. The van der Waals surface area contributed by atoms with Crippen LogP contribution in [0.2, 0.25) is 0 Å². The summed E-state index contributed by atoms with van der Waals surface area (Å²) in [6, 6.07) is 15.3. The largest absolute Gasteiger partial charge is 0.463 e. The van der Waals surface area contributed by atoms with E-state index in [1.165, 1.54) is 16.2 Å². The monoisotopic (exact) mass is 355 g/mol. The summed E-state index contributed by atoms with van der Waals surface area (Å²) in [7, 11) is -3.68. The summed E-state index contributed by atoms with van der Waals surface area (Å²) < 4.78 is 31.8. The van der Waals surface area contributed by atoms with Crippen molar-refractivity contribution < 1.29 is 17.9 Å². The topological polar surface area (TPSA) is 65.4 Å². The van der Waals surface area contributed by atoms with Gasteiger partial charge in [0.1, 0.15) is 0 Å². The van der Waals surface area contributed by atoms with Gasteiger partial charge < -0.3 is 4.74 Å². The zero-order chi connectivity index (χ0) is 17.9. The lowest BCUT2D eigenvalue weighted by Gasteiger charge is -2.08. The van der Waals surface area contributed by atoms with Crippen LogP contribution >= 0.6 is 0 Å². The van der Waals surface area contributed by atoms with Gasteiger partial charge in [0.05, 0.1) is 17.0 Å². The number of ether oxygens (including phenoxy) is 1. The number of carbonyl (C=O) groups excluding carboxylic acids is 1. The predicted octanol–water partition coefficient (Wildman–Crippen LogP) is 3.45. The van der Waals surface area contributed by atoms with Gasteiger partial charge in [-0.1, -0.05) is 30.3 Å². The Morgan fingerprint density at radius 1 is 1.08 bits per heavy atom. The number of esters is 1. The van der Waals surface area contributed by atoms with Crippen LogP contribution in [0.4, 0.5) is 0 Å². The lowest BCUT2D eigenvalue weighted by molar-refractivity contribution is -0.137. The molecule has 25 heavy (non-hydrogen) atoms. The number of hydrogen-bond acceptors (Lipinski definition) is 4. The minimum atomic E-state index is -3.68. The Morgan fingerprint density at radius 2 is 1.84 bits per heavy atom. The lowest BCUT2D eigenvalue weighted by atomic mass is 10.1. The van der Waals surface area contributed by atoms with E-state index in [0.717, 1.165) is 10.9 Å². The van der Waals surface area contributed by atoms with E-state index in [1.807, 2.05) is 6.07 Å². The van der Waals surface area contributed by atoms with Gasteiger partial charge in [-0.3, -0.25) is 0 Å². The van der Waals surface area contributed by atoms with Crippen LogP contribution < -0.4 is 0 Å². The molecule has 0 saturated heterocycles. The van der Waals surface area contributed by atoms with Crippen molar-refractivity contribution in [1.82, 2.24) is 3.97 Å². The highest BCUT2D eigenvalue weighted by Gasteiger charge is 2.18. The zero-order valence-corrected chi connectivity index (χ0v) is 14.4. The number of rotatable bonds is 5. The van der Waals surface area contributed by atoms with E-state index in [4.69, 9.17) is 4.74 Å². The van der Waals surface area contributed by atoms with Crippen LogP contribution in [0, 0.1) is 0 Å². The van der Waals surface area contributed by atoms with Crippen LogP contribution in [0.15, 0.2) is 71.8 Å². The standard InChI is InChI=1S/C19H17NO4S/c1-2-24-19(21)12-11-15-7-6-10-18-17(15)13-14-20(18)25(22,23)16-8-4-3-5-9-16/h3-14H,2H2,1H3. The third kappa shape index (κ3) is 3.34. The summed E-state index contributed by atoms with van der Waals surface area (Å²) in [4.78, 5) is 11.7. The van der Waals surface area contributed by atoms with E-state index in [0.29, 0.717) is 12.1 Å². The van der Waals surface area contributed by atoms with Gasteiger partial charge >= 0.3 is 5.97 Å². The Balaban J connectivity index is 2.06. The van der Waals surface area contributed by atoms with Crippen LogP contribution in [0.1, 0.15) is 12.5 Å². The summed E-state index contributed by atoms with van der Waals surface area (Å²) in [5.74, 6) is -0.434. The second-order valence-corrected chi connectivity index (χ2v) is 7.11. The maximum absolute atomic E-state index is 12.8. The molecule has 0 spiro atoms. The Morgan fingerprint density at radius 3 is 2.56 bits per heavy atom. The third-order valence-corrected chi connectivity index (χ3v) is 5.42. The normalized spacial score (nSPS) is 11.9. The molecule has 3 aromatic rings. The van der Waals surface area contributed by atoms with Crippen LogP contribution in [-0.2, 0) is 19.6 Å². The van der Waals surface area contributed by atoms with Crippen molar-refractivity contribution in [2.75, 3.05) is 6.61 Å². The molecular formula is C19H17NO4S. The summed E-state index contributed by atoms with van der Waals surface area (Å²) in [5, 5.41) is 0.738.